The smallest absolute Gasteiger partial charge is 0.271 e. The number of benzene rings is 1. The fourth-order valence-corrected chi connectivity index (χ4v) is 1.82. The highest BCUT2D eigenvalue weighted by molar-refractivity contribution is 7.80. The SMILES string of the molecule is O=C(NCc1ccc([N+](=O)[O-])cc1)c1ncccc1S. The molecule has 0 spiro atoms. The van der Waals surface area contributed by atoms with Crippen LogP contribution >= 0.6 is 12.6 Å². The molecule has 0 unspecified atom stereocenters. The van der Waals surface area contributed by atoms with Gasteiger partial charge >= 0.3 is 0 Å². The number of carbonyl (C=O) groups excluding carboxylic acids is 1. The Balaban J connectivity index is 2.00. The normalized spacial score (nSPS) is 10.1. The Kier molecular flexibility index (Phi) is 4.31. The third-order valence-electron chi connectivity index (χ3n) is 2.60. The maximum absolute atomic E-state index is 11.9. The summed E-state index contributed by atoms with van der Waals surface area (Å²) >= 11 is 4.16. The molecule has 0 radical (unpaired) electrons. The van der Waals surface area contributed by atoms with Crippen LogP contribution in [0, 0.1) is 10.1 Å². The lowest BCUT2D eigenvalue weighted by molar-refractivity contribution is -0.384. The van der Waals surface area contributed by atoms with E-state index in [1.807, 2.05) is 0 Å². The highest BCUT2D eigenvalue weighted by atomic mass is 32.1. The van der Waals surface area contributed by atoms with Gasteiger partial charge in [-0.3, -0.25) is 14.9 Å². The zero-order valence-corrected chi connectivity index (χ0v) is 11.2. The van der Waals surface area contributed by atoms with E-state index < -0.39 is 4.92 Å². The van der Waals surface area contributed by atoms with Gasteiger partial charge < -0.3 is 5.32 Å². The van der Waals surface area contributed by atoms with Crippen molar-refractivity contribution in [3.63, 3.8) is 0 Å². The van der Waals surface area contributed by atoms with E-state index in [0.29, 0.717) is 4.90 Å². The topological polar surface area (TPSA) is 85.1 Å². The van der Waals surface area contributed by atoms with Crippen LogP contribution in [0.1, 0.15) is 16.1 Å². The van der Waals surface area contributed by atoms with Crippen molar-refractivity contribution in [2.75, 3.05) is 0 Å². The summed E-state index contributed by atoms with van der Waals surface area (Å²) in [5, 5.41) is 13.2. The molecule has 1 N–H and O–H groups in total. The largest absolute Gasteiger partial charge is 0.347 e. The lowest BCUT2D eigenvalue weighted by Crippen LogP contribution is -2.24. The van der Waals surface area contributed by atoms with Crippen LogP contribution in [0.15, 0.2) is 47.5 Å². The Morgan fingerprint density at radius 2 is 2.00 bits per heavy atom. The molecule has 1 aromatic heterocycles. The number of hydrogen-bond acceptors (Lipinski definition) is 5. The third kappa shape index (κ3) is 3.33. The quantitative estimate of drug-likeness (QED) is 0.513. The van der Waals surface area contributed by atoms with Gasteiger partial charge in [-0.05, 0) is 17.7 Å². The summed E-state index contributed by atoms with van der Waals surface area (Å²) in [5.74, 6) is -0.339. The van der Waals surface area contributed by atoms with Crippen LogP contribution in [0.5, 0.6) is 0 Å². The molecule has 1 amide bonds. The van der Waals surface area contributed by atoms with Crippen molar-refractivity contribution in [3.05, 3.63) is 64.0 Å². The number of nitrogens with zero attached hydrogens (tertiary/aromatic N) is 2. The number of rotatable bonds is 4. The van der Waals surface area contributed by atoms with Gasteiger partial charge in [-0.25, -0.2) is 4.98 Å². The average molecular weight is 289 g/mol. The van der Waals surface area contributed by atoms with Gasteiger partial charge in [-0.15, -0.1) is 12.6 Å². The van der Waals surface area contributed by atoms with E-state index in [9.17, 15) is 14.9 Å². The summed E-state index contributed by atoms with van der Waals surface area (Å²) in [7, 11) is 0. The van der Waals surface area contributed by atoms with Crippen LogP contribution in [-0.4, -0.2) is 15.8 Å². The van der Waals surface area contributed by atoms with E-state index in [2.05, 4.69) is 22.9 Å². The lowest BCUT2D eigenvalue weighted by atomic mass is 10.2. The standard InChI is InChI=1S/C13H11N3O3S/c17-13(12-11(20)2-1-7-14-12)15-8-9-3-5-10(6-4-9)16(18)19/h1-7,20H,8H2,(H,15,17). The number of carbonyl (C=O) groups is 1. The van der Waals surface area contributed by atoms with Crippen LogP contribution < -0.4 is 5.32 Å². The number of nitrogens with one attached hydrogen (secondary N) is 1. The lowest BCUT2D eigenvalue weighted by Gasteiger charge is -2.06. The third-order valence-corrected chi connectivity index (χ3v) is 2.96. The summed E-state index contributed by atoms with van der Waals surface area (Å²) in [5.41, 5.74) is 1.03. The molecule has 0 aliphatic heterocycles. The van der Waals surface area contributed by atoms with Gasteiger partial charge in [0.05, 0.1) is 4.92 Å². The molecule has 0 saturated heterocycles. The second-order valence-corrected chi connectivity index (χ2v) is 4.46. The molecular formula is C13H11N3O3S. The van der Waals surface area contributed by atoms with Crippen molar-refractivity contribution in [1.82, 2.24) is 10.3 Å². The summed E-state index contributed by atoms with van der Waals surface area (Å²) in [4.78, 5) is 26.4. The van der Waals surface area contributed by atoms with E-state index in [-0.39, 0.29) is 23.8 Å². The molecular weight excluding hydrogens is 278 g/mol. The van der Waals surface area contributed by atoms with Crippen LogP contribution in [-0.2, 0) is 6.54 Å². The minimum Gasteiger partial charge on any atom is -0.347 e. The minimum atomic E-state index is -0.469. The maximum atomic E-state index is 11.9. The molecule has 20 heavy (non-hydrogen) atoms. The van der Waals surface area contributed by atoms with Crippen LogP contribution in [0.4, 0.5) is 5.69 Å². The van der Waals surface area contributed by atoms with Gasteiger partial charge in [0.25, 0.3) is 11.6 Å². The fraction of sp³-hybridized carbons (Fsp3) is 0.0769. The van der Waals surface area contributed by atoms with Gasteiger partial charge in [0.15, 0.2) is 0 Å². The molecule has 2 aromatic rings. The number of aromatic nitrogens is 1. The van der Waals surface area contributed by atoms with Gasteiger partial charge in [-0.1, -0.05) is 12.1 Å². The maximum Gasteiger partial charge on any atom is 0.271 e. The van der Waals surface area contributed by atoms with Gasteiger partial charge in [-0.2, -0.15) is 0 Å². The Hall–Kier alpha value is -2.41. The number of non-ortho nitro benzene ring substituents is 1. The van der Waals surface area contributed by atoms with E-state index in [0.717, 1.165) is 5.56 Å². The first kappa shape index (κ1) is 14.0. The number of thiol groups is 1. The number of nitro groups is 1. The Labute approximate surface area is 120 Å². The van der Waals surface area contributed by atoms with E-state index in [4.69, 9.17) is 0 Å². The van der Waals surface area contributed by atoms with Crippen LogP contribution in [0.25, 0.3) is 0 Å². The van der Waals surface area contributed by atoms with Crippen molar-refractivity contribution >= 4 is 24.2 Å². The highest BCUT2D eigenvalue weighted by Crippen LogP contribution is 2.13. The average Bonchev–Trinajstić information content (AvgIpc) is 2.45. The summed E-state index contributed by atoms with van der Waals surface area (Å²) in [6.07, 6.45) is 1.51. The van der Waals surface area contributed by atoms with Gasteiger partial charge in [0.2, 0.25) is 0 Å². The summed E-state index contributed by atoms with van der Waals surface area (Å²) < 4.78 is 0. The zero-order chi connectivity index (χ0) is 14.5. The molecule has 7 heteroatoms. The molecule has 0 fully saturated rings. The summed E-state index contributed by atoms with van der Waals surface area (Å²) in [6, 6.07) is 9.35. The zero-order valence-electron chi connectivity index (χ0n) is 10.3. The van der Waals surface area contributed by atoms with Crippen molar-refractivity contribution in [1.29, 1.82) is 0 Å². The van der Waals surface area contributed by atoms with E-state index in [1.54, 1.807) is 24.3 Å². The second-order valence-electron chi connectivity index (χ2n) is 3.98. The van der Waals surface area contributed by atoms with Gasteiger partial charge in [0, 0.05) is 29.8 Å². The highest BCUT2D eigenvalue weighted by Gasteiger charge is 2.10. The van der Waals surface area contributed by atoms with Crippen molar-refractivity contribution in [3.8, 4) is 0 Å². The molecule has 0 aliphatic carbocycles. The monoisotopic (exact) mass is 289 g/mol. The second kappa shape index (κ2) is 6.16. The first-order valence-corrected chi connectivity index (χ1v) is 6.18. The van der Waals surface area contributed by atoms with Crippen molar-refractivity contribution in [2.24, 2.45) is 0 Å². The molecule has 6 nitrogen and oxygen atoms in total. The molecule has 0 bridgehead atoms. The molecule has 1 aromatic carbocycles. The van der Waals surface area contributed by atoms with Crippen molar-refractivity contribution < 1.29 is 9.72 Å². The predicted molar refractivity (Wildman–Crippen MR) is 75.8 cm³/mol. The number of amides is 1. The van der Waals surface area contributed by atoms with E-state index in [1.165, 1.54) is 18.3 Å². The summed E-state index contributed by atoms with van der Waals surface area (Å²) in [6.45, 7) is 0.265. The molecule has 102 valence electrons. The van der Waals surface area contributed by atoms with E-state index >= 15 is 0 Å². The fourth-order valence-electron chi connectivity index (χ4n) is 1.57. The Morgan fingerprint density at radius 3 is 2.60 bits per heavy atom. The predicted octanol–water partition coefficient (Wildman–Crippen LogP) is 2.21. The van der Waals surface area contributed by atoms with Crippen LogP contribution in [0.3, 0.4) is 0 Å². The number of nitro benzene ring substituents is 1. The van der Waals surface area contributed by atoms with Crippen LogP contribution in [0.2, 0.25) is 0 Å². The number of pyridine rings is 1. The molecule has 0 atom stereocenters. The Morgan fingerprint density at radius 1 is 1.30 bits per heavy atom. The number of hydrogen-bond donors (Lipinski definition) is 2. The van der Waals surface area contributed by atoms with Gasteiger partial charge in [0.1, 0.15) is 5.69 Å². The molecule has 0 aliphatic rings. The molecule has 1 heterocycles. The first-order valence-electron chi connectivity index (χ1n) is 5.73. The molecule has 2 rings (SSSR count). The first-order chi connectivity index (χ1) is 9.58. The van der Waals surface area contributed by atoms with Crippen molar-refractivity contribution in [2.45, 2.75) is 11.4 Å². The molecule has 0 saturated carbocycles. The Bertz CT molecular complexity index is 644. The minimum absolute atomic E-state index is 0.0162.